The van der Waals surface area contributed by atoms with Gasteiger partial charge in [0.25, 0.3) is 5.91 Å². The normalized spacial score (nSPS) is 11.3. The van der Waals surface area contributed by atoms with Gasteiger partial charge in [0, 0.05) is 17.4 Å². The van der Waals surface area contributed by atoms with Crippen molar-refractivity contribution in [1.82, 2.24) is 10.3 Å². The maximum Gasteiger partial charge on any atom is 0.416 e. The van der Waals surface area contributed by atoms with Gasteiger partial charge in [-0.3, -0.25) is 4.79 Å². The first-order valence-electron chi connectivity index (χ1n) is 7.84. The second-order valence-corrected chi connectivity index (χ2v) is 6.60. The van der Waals surface area contributed by atoms with Gasteiger partial charge in [0.15, 0.2) is 0 Å². The molecule has 0 saturated heterocycles. The Labute approximate surface area is 152 Å². The van der Waals surface area contributed by atoms with Crippen molar-refractivity contribution in [1.29, 1.82) is 0 Å². The predicted molar refractivity (Wildman–Crippen MR) is 94.0 cm³/mol. The summed E-state index contributed by atoms with van der Waals surface area (Å²) in [7, 11) is 0. The van der Waals surface area contributed by atoms with E-state index < -0.39 is 17.6 Å². The van der Waals surface area contributed by atoms with Crippen molar-refractivity contribution in [3.05, 3.63) is 87.4 Å². The monoisotopic (exact) mass is 376 g/mol. The molecule has 0 radical (unpaired) electrons. The van der Waals surface area contributed by atoms with Crippen LogP contribution in [-0.4, -0.2) is 10.9 Å². The minimum atomic E-state index is -4.41. The van der Waals surface area contributed by atoms with Crippen molar-refractivity contribution in [3.63, 3.8) is 0 Å². The molecular weight excluding hydrogens is 361 g/mol. The van der Waals surface area contributed by atoms with Gasteiger partial charge < -0.3 is 5.32 Å². The molecule has 0 aliphatic heterocycles. The molecule has 3 aromatic rings. The summed E-state index contributed by atoms with van der Waals surface area (Å²) in [5.41, 5.74) is 1.28. The lowest BCUT2D eigenvalue weighted by Crippen LogP contribution is -2.23. The third kappa shape index (κ3) is 4.70. The first kappa shape index (κ1) is 18.1. The van der Waals surface area contributed by atoms with Crippen LogP contribution in [0, 0.1) is 0 Å². The Morgan fingerprint density at radius 3 is 2.38 bits per heavy atom. The molecule has 0 unspecified atom stereocenters. The Bertz CT molecular complexity index is 874. The Morgan fingerprint density at radius 1 is 1.04 bits per heavy atom. The third-order valence-electron chi connectivity index (χ3n) is 3.70. The van der Waals surface area contributed by atoms with E-state index in [2.05, 4.69) is 10.3 Å². The maximum atomic E-state index is 12.5. The SMILES string of the molecule is O=C(NCc1csc(Cc2ccccc2)n1)c1ccc(C(F)(F)F)cc1. The topological polar surface area (TPSA) is 42.0 Å². The zero-order chi connectivity index (χ0) is 18.6. The number of rotatable bonds is 5. The van der Waals surface area contributed by atoms with Gasteiger partial charge in [-0.15, -0.1) is 11.3 Å². The molecule has 0 saturated carbocycles. The van der Waals surface area contributed by atoms with Gasteiger partial charge in [-0.2, -0.15) is 13.2 Å². The van der Waals surface area contributed by atoms with Gasteiger partial charge in [-0.25, -0.2) is 4.98 Å². The molecule has 1 N–H and O–H groups in total. The van der Waals surface area contributed by atoms with Crippen molar-refractivity contribution >= 4 is 17.2 Å². The minimum Gasteiger partial charge on any atom is -0.346 e. The van der Waals surface area contributed by atoms with E-state index in [1.165, 1.54) is 23.5 Å². The van der Waals surface area contributed by atoms with E-state index in [0.717, 1.165) is 34.8 Å². The molecule has 3 rings (SSSR count). The summed E-state index contributed by atoms with van der Waals surface area (Å²) in [6, 6.07) is 14.1. The standard InChI is InChI=1S/C19H15F3N2OS/c20-19(21,22)15-8-6-14(7-9-15)18(25)23-11-16-12-26-17(24-16)10-13-4-2-1-3-5-13/h1-9,12H,10-11H2,(H,23,25). The van der Waals surface area contributed by atoms with E-state index in [0.29, 0.717) is 0 Å². The molecular formula is C19H15F3N2OS. The number of alkyl halides is 3. The summed E-state index contributed by atoms with van der Waals surface area (Å²) in [5, 5.41) is 5.48. The van der Waals surface area contributed by atoms with Crippen molar-refractivity contribution < 1.29 is 18.0 Å². The van der Waals surface area contributed by atoms with Crippen LogP contribution in [0.3, 0.4) is 0 Å². The summed E-state index contributed by atoms with van der Waals surface area (Å²) in [6.07, 6.45) is -3.69. The fourth-order valence-electron chi connectivity index (χ4n) is 2.37. The molecule has 0 aliphatic carbocycles. The Hall–Kier alpha value is -2.67. The van der Waals surface area contributed by atoms with Crippen molar-refractivity contribution in [2.45, 2.75) is 19.1 Å². The first-order valence-corrected chi connectivity index (χ1v) is 8.72. The van der Waals surface area contributed by atoms with Gasteiger partial charge in [0.1, 0.15) is 0 Å². The lowest BCUT2D eigenvalue weighted by molar-refractivity contribution is -0.137. The molecule has 1 aromatic heterocycles. The van der Waals surface area contributed by atoms with Gasteiger partial charge in [0.05, 0.1) is 22.8 Å². The Morgan fingerprint density at radius 2 is 1.73 bits per heavy atom. The summed E-state index contributed by atoms with van der Waals surface area (Å²) < 4.78 is 37.6. The third-order valence-corrected chi connectivity index (χ3v) is 4.60. The highest BCUT2D eigenvalue weighted by Gasteiger charge is 2.30. The minimum absolute atomic E-state index is 0.178. The van der Waals surface area contributed by atoms with E-state index in [1.807, 2.05) is 35.7 Å². The van der Waals surface area contributed by atoms with Crippen LogP contribution in [0.2, 0.25) is 0 Å². The summed E-state index contributed by atoms with van der Waals surface area (Å²) in [6.45, 7) is 0.227. The number of hydrogen-bond acceptors (Lipinski definition) is 3. The van der Waals surface area contributed by atoms with Crippen molar-refractivity contribution in [3.8, 4) is 0 Å². The molecule has 1 amide bonds. The average Bonchev–Trinajstić information content (AvgIpc) is 3.07. The lowest BCUT2D eigenvalue weighted by atomic mass is 10.1. The van der Waals surface area contributed by atoms with Gasteiger partial charge in [-0.1, -0.05) is 30.3 Å². The van der Waals surface area contributed by atoms with E-state index in [4.69, 9.17) is 0 Å². The number of aromatic nitrogens is 1. The predicted octanol–water partition coefficient (Wildman–Crippen LogP) is 4.68. The lowest BCUT2D eigenvalue weighted by Gasteiger charge is -2.07. The van der Waals surface area contributed by atoms with Crippen LogP contribution in [0.15, 0.2) is 60.0 Å². The number of halogens is 3. The fraction of sp³-hybridized carbons (Fsp3) is 0.158. The zero-order valence-corrected chi connectivity index (χ0v) is 14.4. The van der Waals surface area contributed by atoms with Crippen molar-refractivity contribution in [2.75, 3.05) is 0 Å². The number of nitrogens with zero attached hydrogens (tertiary/aromatic N) is 1. The van der Waals surface area contributed by atoms with Crippen LogP contribution in [0.4, 0.5) is 13.2 Å². The zero-order valence-electron chi connectivity index (χ0n) is 13.6. The maximum absolute atomic E-state index is 12.5. The molecule has 0 atom stereocenters. The van der Waals surface area contributed by atoms with Gasteiger partial charge >= 0.3 is 6.18 Å². The van der Waals surface area contributed by atoms with Crippen LogP contribution in [0.5, 0.6) is 0 Å². The molecule has 0 spiro atoms. The molecule has 134 valence electrons. The summed E-state index contributed by atoms with van der Waals surface area (Å²) >= 11 is 1.51. The number of benzene rings is 2. The highest BCUT2D eigenvalue weighted by atomic mass is 32.1. The molecule has 0 bridgehead atoms. The number of nitrogens with one attached hydrogen (secondary N) is 1. The van der Waals surface area contributed by atoms with Crippen LogP contribution in [-0.2, 0) is 19.1 Å². The molecule has 7 heteroatoms. The van der Waals surface area contributed by atoms with E-state index in [1.54, 1.807) is 0 Å². The number of amides is 1. The highest BCUT2D eigenvalue weighted by Crippen LogP contribution is 2.29. The first-order chi connectivity index (χ1) is 12.4. The summed E-state index contributed by atoms with van der Waals surface area (Å²) in [5.74, 6) is -0.434. The smallest absolute Gasteiger partial charge is 0.346 e. The van der Waals surface area contributed by atoms with E-state index in [9.17, 15) is 18.0 Å². The van der Waals surface area contributed by atoms with E-state index in [-0.39, 0.29) is 12.1 Å². The van der Waals surface area contributed by atoms with Gasteiger partial charge in [-0.05, 0) is 29.8 Å². The average molecular weight is 376 g/mol. The second kappa shape index (κ2) is 7.70. The highest BCUT2D eigenvalue weighted by molar-refractivity contribution is 7.09. The number of carbonyl (C=O) groups is 1. The van der Waals surface area contributed by atoms with Crippen LogP contribution in [0.25, 0.3) is 0 Å². The Balaban J connectivity index is 1.56. The molecule has 0 aliphatic rings. The van der Waals surface area contributed by atoms with Crippen LogP contribution < -0.4 is 5.32 Å². The van der Waals surface area contributed by atoms with Gasteiger partial charge in [0.2, 0.25) is 0 Å². The second-order valence-electron chi connectivity index (χ2n) is 5.65. The molecule has 3 nitrogen and oxygen atoms in total. The molecule has 26 heavy (non-hydrogen) atoms. The molecule has 2 aromatic carbocycles. The number of carbonyl (C=O) groups excluding carboxylic acids is 1. The quantitative estimate of drug-likeness (QED) is 0.702. The molecule has 0 fully saturated rings. The Kier molecular flexibility index (Phi) is 5.37. The summed E-state index contributed by atoms with van der Waals surface area (Å²) in [4.78, 5) is 16.5. The van der Waals surface area contributed by atoms with E-state index >= 15 is 0 Å². The molecule has 1 heterocycles. The van der Waals surface area contributed by atoms with Crippen LogP contribution in [0.1, 0.15) is 32.2 Å². The number of thiazole rings is 1. The fourth-order valence-corrected chi connectivity index (χ4v) is 3.19. The van der Waals surface area contributed by atoms with Crippen molar-refractivity contribution in [2.24, 2.45) is 0 Å². The largest absolute Gasteiger partial charge is 0.416 e. The number of hydrogen-bond donors (Lipinski definition) is 1. The van der Waals surface area contributed by atoms with Crippen LogP contribution >= 0.6 is 11.3 Å².